The van der Waals surface area contributed by atoms with Gasteiger partial charge in [0.1, 0.15) is 11.9 Å². The van der Waals surface area contributed by atoms with E-state index in [1.165, 1.54) is 0 Å². The maximum absolute atomic E-state index is 13.8. The Morgan fingerprint density at radius 1 is 1.28 bits per heavy atom. The zero-order valence-corrected chi connectivity index (χ0v) is 9.87. The Hall–Kier alpha value is -2.54. The quantitative estimate of drug-likeness (QED) is 0.793. The average Bonchev–Trinajstić information content (AvgIpc) is 2.37. The summed E-state index contributed by atoms with van der Waals surface area (Å²) in [6.07, 6.45) is 0. The number of rotatable bonds is 2. The highest BCUT2D eigenvalue weighted by molar-refractivity contribution is 5.67. The van der Waals surface area contributed by atoms with Crippen molar-refractivity contribution in [2.45, 2.75) is 6.92 Å². The molecule has 0 fully saturated rings. The molecule has 0 aliphatic rings. The third kappa shape index (κ3) is 2.25. The van der Waals surface area contributed by atoms with E-state index in [0.717, 1.165) is 0 Å². The highest BCUT2D eigenvalue weighted by atomic mass is 19.1. The molecule has 0 bridgehead atoms. The van der Waals surface area contributed by atoms with Gasteiger partial charge in [0.2, 0.25) is 0 Å². The molecule has 0 saturated heterocycles. The molecule has 2 rings (SSSR count). The summed E-state index contributed by atoms with van der Waals surface area (Å²) in [5, 5.41) is 11.8. The van der Waals surface area contributed by atoms with Crippen LogP contribution in [0.1, 0.15) is 11.1 Å². The molecular weight excluding hydrogens is 229 g/mol. The zero-order chi connectivity index (χ0) is 13.1. The van der Waals surface area contributed by atoms with Crippen LogP contribution >= 0.6 is 0 Å². The van der Waals surface area contributed by atoms with Crippen LogP contribution in [0.15, 0.2) is 36.4 Å². The summed E-state index contributed by atoms with van der Waals surface area (Å²) in [5.41, 5.74) is 7.98. The van der Waals surface area contributed by atoms with E-state index in [1.54, 1.807) is 43.3 Å². The number of halogens is 1. The zero-order valence-electron chi connectivity index (χ0n) is 9.87. The van der Waals surface area contributed by atoms with Gasteiger partial charge >= 0.3 is 0 Å². The Morgan fingerprint density at radius 2 is 2.06 bits per heavy atom. The summed E-state index contributed by atoms with van der Waals surface area (Å²) in [6.45, 7) is 1.70. The monoisotopic (exact) mass is 241 g/mol. The van der Waals surface area contributed by atoms with Crippen molar-refractivity contribution in [3.8, 4) is 6.07 Å². The highest BCUT2D eigenvalue weighted by Crippen LogP contribution is 2.24. The predicted molar refractivity (Wildman–Crippen MR) is 70.0 cm³/mol. The molecule has 0 spiro atoms. The van der Waals surface area contributed by atoms with Gasteiger partial charge in [-0.1, -0.05) is 12.1 Å². The number of nitriles is 1. The molecule has 0 atom stereocenters. The van der Waals surface area contributed by atoms with Crippen molar-refractivity contribution in [2.75, 3.05) is 11.1 Å². The van der Waals surface area contributed by atoms with Crippen molar-refractivity contribution in [3.05, 3.63) is 53.3 Å². The lowest BCUT2D eigenvalue weighted by Crippen LogP contribution is -1.97. The van der Waals surface area contributed by atoms with E-state index in [-0.39, 0.29) is 5.82 Å². The van der Waals surface area contributed by atoms with E-state index in [0.29, 0.717) is 28.2 Å². The minimum absolute atomic E-state index is 0.298. The van der Waals surface area contributed by atoms with Crippen LogP contribution in [-0.4, -0.2) is 0 Å². The molecule has 2 aromatic rings. The largest absolute Gasteiger partial charge is 0.398 e. The molecule has 0 heterocycles. The molecule has 0 amide bonds. The number of anilines is 3. The minimum atomic E-state index is -0.298. The van der Waals surface area contributed by atoms with Crippen molar-refractivity contribution < 1.29 is 4.39 Å². The van der Waals surface area contributed by atoms with E-state index in [4.69, 9.17) is 11.0 Å². The van der Waals surface area contributed by atoms with Crippen molar-refractivity contribution in [1.29, 1.82) is 5.26 Å². The number of hydrogen-bond donors (Lipinski definition) is 2. The third-order valence-electron chi connectivity index (χ3n) is 2.64. The Balaban J connectivity index is 2.35. The number of nitrogen functional groups attached to an aromatic ring is 1. The molecule has 0 aliphatic carbocycles. The van der Waals surface area contributed by atoms with Gasteiger partial charge in [-0.25, -0.2) is 4.39 Å². The van der Waals surface area contributed by atoms with Crippen LogP contribution < -0.4 is 11.1 Å². The summed E-state index contributed by atoms with van der Waals surface area (Å²) >= 11 is 0. The van der Waals surface area contributed by atoms with Crippen LogP contribution in [0.25, 0.3) is 0 Å². The Morgan fingerprint density at radius 3 is 2.78 bits per heavy atom. The van der Waals surface area contributed by atoms with Gasteiger partial charge in [0, 0.05) is 11.4 Å². The lowest BCUT2D eigenvalue weighted by Gasteiger charge is -2.09. The molecule has 3 N–H and O–H groups in total. The standard InChI is InChI=1S/C14H12FN3/c1-9-3-2-4-13(14(9)15)18-11-5-6-12(17)10(7-11)8-16/h2-7,18H,17H2,1H3. The van der Waals surface area contributed by atoms with Crippen LogP contribution in [0.2, 0.25) is 0 Å². The second-order valence-electron chi connectivity index (χ2n) is 3.98. The number of nitrogens with zero attached hydrogens (tertiary/aromatic N) is 1. The smallest absolute Gasteiger partial charge is 0.149 e. The Kier molecular flexibility index (Phi) is 3.16. The molecule has 90 valence electrons. The second kappa shape index (κ2) is 4.76. The van der Waals surface area contributed by atoms with Crippen LogP contribution in [-0.2, 0) is 0 Å². The molecule has 2 aromatic carbocycles. The van der Waals surface area contributed by atoms with E-state index in [1.807, 2.05) is 6.07 Å². The topological polar surface area (TPSA) is 61.8 Å². The van der Waals surface area contributed by atoms with Gasteiger partial charge in [0.25, 0.3) is 0 Å². The average molecular weight is 241 g/mol. The van der Waals surface area contributed by atoms with Crippen LogP contribution in [0.4, 0.5) is 21.5 Å². The second-order valence-corrected chi connectivity index (χ2v) is 3.98. The lowest BCUT2D eigenvalue weighted by atomic mass is 10.1. The molecule has 3 nitrogen and oxygen atoms in total. The van der Waals surface area contributed by atoms with Crippen molar-refractivity contribution >= 4 is 17.1 Å². The molecule has 18 heavy (non-hydrogen) atoms. The van der Waals surface area contributed by atoms with Crippen molar-refractivity contribution in [1.82, 2.24) is 0 Å². The number of benzene rings is 2. The third-order valence-corrected chi connectivity index (χ3v) is 2.64. The highest BCUT2D eigenvalue weighted by Gasteiger charge is 2.06. The van der Waals surface area contributed by atoms with Gasteiger partial charge in [-0.15, -0.1) is 0 Å². The Bertz CT molecular complexity index is 629. The first-order valence-electron chi connectivity index (χ1n) is 5.43. The maximum atomic E-state index is 13.8. The summed E-state index contributed by atoms with van der Waals surface area (Å²) in [5.74, 6) is -0.298. The van der Waals surface area contributed by atoms with E-state index < -0.39 is 0 Å². The molecular formula is C14H12FN3. The lowest BCUT2D eigenvalue weighted by molar-refractivity contribution is 0.622. The maximum Gasteiger partial charge on any atom is 0.149 e. The van der Waals surface area contributed by atoms with Gasteiger partial charge in [0.05, 0.1) is 11.3 Å². The molecule has 0 unspecified atom stereocenters. The predicted octanol–water partition coefficient (Wildman–Crippen LogP) is 3.33. The number of nitrogens with two attached hydrogens (primary N) is 1. The van der Waals surface area contributed by atoms with Gasteiger partial charge in [-0.3, -0.25) is 0 Å². The number of nitrogens with one attached hydrogen (secondary N) is 1. The fourth-order valence-corrected chi connectivity index (χ4v) is 1.63. The van der Waals surface area contributed by atoms with E-state index in [2.05, 4.69) is 5.32 Å². The molecule has 0 radical (unpaired) electrons. The van der Waals surface area contributed by atoms with Gasteiger partial charge in [-0.05, 0) is 36.8 Å². The number of aryl methyl sites for hydroxylation is 1. The SMILES string of the molecule is Cc1cccc(Nc2ccc(N)c(C#N)c2)c1F. The normalized spacial score (nSPS) is 9.83. The van der Waals surface area contributed by atoms with Crippen molar-refractivity contribution in [3.63, 3.8) is 0 Å². The van der Waals surface area contributed by atoms with Crippen molar-refractivity contribution in [2.24, 2.45) is 0 Å². The summed E-state index contributed by atoms with van der Waals surface area (Å²) < 4.78 is 13.8. The summed E-state index contributed by atoms with van der Waals surface area (Å²) in [7, 11) is 0. The minimum Gasteiger partial charge on any atom is -0.398 e. The summed E-state index contributed by atoms with van der Waals surface area (Å²) in [4.78, 5) is 0. The fourth-order valence-electron chi connectivity index (χ4n) is 1.63. The van der Waals surface area contributed by atoms with Gasteiger partial charge in [0.15, 0.2) is 0 Å². The van der Waals surface area contributed by atoms with Crippen LogP contribution in [0, 0.1) is 24.1 Å². The molecule has 0 saturated carbocycles. The first kappa shape index (κ1) is 11.9. The summed E-state index contributed by atoms with van der Waals surface area (Å²) in [6, 6.07) is 12.0. The van der Waals surface area contributed by atoms with Crippen LogP contribution in [0.3, 0.4) is 0 Å². The first-order chi connectivity index (χ1) is 8.61. The molecule has 0 aliphatic heterocycles. The molecule has 0 aromatic heterocycles. The van der Waals surface area contributed by atoms with E-state index >= 15 is 0 Å². The van der Waals surface area contributed by atoms with Gasteiger partial charge in [-0.2, -0.15) is 5.26 Å². The Labute approximate surface area is 105 Å². The van der Waals surface area contributed by atoms with E-state index in [9.17, 15) is 4.39 Å². The molecule has 4 heteroatoms. The first-order valence-corrected chi connectivity index (χ1v) is 5.43. The fraction of sp³-hybridized carbons (Fsp3) is 0.0714. The van der Waals surface area contributed by atoms with Gasteiger partial charge < -0.3 is 11.1 Å². The van der Waals surface area contributed by atoms with Crippen LogP contribution in [0.5, 0.6) is 0 Å². The number of hydrogen-bond acceptors (Lipinski definition) is 3.